The van der Waals surface area contributed by atoms with Crippen molar-refractivity contribution in [2.45, 2.75) is 26.2 Å². The number of hydrogen-bond donors (Lipinski definition) is 1. The Morgan fingerprint density at radius 2 is 2.46 bits per heavy atom. The molecule has 1 heterocycles. The van der Waals surface area contributed by atoms with Gasteiger partial charge in [-0.2, -0.15) is 5.90 Å². The van der Waals surface area contributed by atoms with Gasteiger partial charge in [0.15, 0.2) is 5.75 Å². The van der Waals surface area contributed by atoms with Crippen molar-refractivity contribution in [1.82, 2.24) is 4.98 Å². The lowest BCUT2D eigenvalue weighted by molar-refractivity contribution is 0.324. The van der Waals surface area contributed by atoms with Crippen LogP contribution in [-0.2, 0) is 12.8 Å². The number of fused-ring (bicyclic) bond motifs is 1. The van der Waals surface area contributed by atoms with Crippen LogP contribution < -0.4 is 10.7 Å². The fraction of sp³-hybridized carbons (Fsp3) is 0.500. The lowest BCUT2D eigenvalue weighted by Crippen LogP contribution is -2.15. The summed E-state index contributed by atoms with van der Waals surface area (Å²) in [6.45, 7) is 2.25. The van der Waals surface area contributed by atoms with Gasteiger partial charge < -0.3 is 4.84 Å². The summed E-state index contributed by atoms with van der Waals surface area (Å²) in [5, 5.41) is 0. The molecule has 0 bridgehead atoms. The molecule has 1 atom stereocenters. The highest BCUT2D eigenvalue weighted by Gasteiger charge is 2.19. The predicted molar refractivity (Wildman–Crippen MR) is 50.2 cm³/mol. The Hall–Kier alpha value is -1.09. The zero-order valence-electron chi connectivity index (χ0n) is 7.79. The third kappa shape index (κ3) is 1.52. The first-order valence-corrected chi connectivity index (χ1v) is 4.64. The van der Waals surface area contributed by atoms with Crippen LogP contribution in [0.2, 0.25) is 0 Å². The molecule has 0 amide bonds. The van der Waals surface area contributed by atoms with E-state index in [2.05, 4.69) is 11.9 Å². The molecule has 1 aromatic heterocycles. The van der Waals surface area contributed by atoms with Crippen molar-refractivity contribution in [3.05, 3.63) is 23.5 Å². The molecule has 70 valence electrons. The third-order valence-corrected chi connectivity index (χ3v) is 2.66. The van der Waals surface area contributed by atoms with Crippen molar-refractivity contribution in [2.24, 2.45) is 11.8 Å². The molecule has 1 unspecified atom stereocenters. The van der Waals surface area contributed by atoms with Crippen LogP contribution in [0.1, 0.15) is 24.6 Å². The van der Waals surface area contributed by atoms with Gasteiger partial charge in [0.2, 0.25) is 0 Å². The van der Waals surface area contributed by atoms with Crippen molar-refractivity contribution in [1.29, 1.82) is 0 Å². The van der Waals surface area contributed by atoms with Gasteiger partial charge in [-0.15, -0.1) is 0 Å². The fourth-order valence-electron chi connectivity index (χ4n) is 1.89. The lowest BCUT2D eigenvalue weighted by atomic mass is 9.87. The van der Waals surface area contributed by atoms with E-state index < -0.39 is 0 Å². The van der Waals surface area contributed by atoms with Gasteiger partial charge in [0.25, 0.3) is 0 Å². The zero-order chi connectivity index (χ0) is 9.26. The van der Waals surface area contributed by atoms with E-state index in [1.54, 1.807) is 6.20 Å². The van der Waals surface area contributed by atoms with E-state index in [0.29, 0.717) is 5.92 Å². The number of nitrogens with two attached hydrogens (primary N) is 1. The minimum absolute atomic E-state index is 0.714. The van der Waals surface area contributed by atoms with Crippen molar-refractivity contribution in [3.63, 3.8) is 0 Å². The standard InChI is InChI=1S/C10H14N2O/c1-7-2-3-9-8(6-7)10(13-11)4-5-12-9/h4-5,7H,2-3,6,11H2,1H3. The summed E-state index contributed by atoms with van der Waals surface area (Å²) >= 11 is 0. The van der Waals surface area contributed by atoms with Crippen molar-refractivity contribution >= 4 is 0 Å². The molecule has 3 nitrogen and oxygen atoms in total. The normalized spacial score (nSPS) is 20.9. The quantitative estimate of drug-likeness (QED) is 0.662. The van der Waals surface area contributed by atoms with Crippen LogP contribution in [0.4, 0.5) is 0 Å². The zero-order valence-corrected chi connectivity index (χ0v) is 7.79. The molecule has 0 radical (unpaired) electrons. The molecule has 0 aliphatic heterocycles. The van der Waals surface area contributed by atoms with Gasteiger partial charge in [-0.3, -0.25) is 4.98 Å². The van der Waals surface area contributed by atoms with Crippen LogP contribution in [0.5, 0.6) is 5.75 Å². The number of aryl methyl sites for hydroxylation is 1. The summed E-state index contributed by atoms with van der Waals surface area (Å²) in [5.74, 6) is 6.69. The first kappa shape index (κ1) is 8.51. The molecule has 0 spiro atoms. The summed E-state index contributed by atoms with van der Waals surface area (Å²) in [6, 6.07) is 1.83. The average Bonchev–Trinajstić information content (AvgIpc) is 2.17. The molecule has 13 heavy (non-hydrogen) atoms. The number of aromatic nitrogens is 1. The van der Waals surface area contributed by atoms with Gasteiger partial charge in [0.05, 0.1) is 0 Å². The van der Waals surface area contributed by atoms with Gasteiger partial charge in [-0.25, -0.2) is 0 Å². The third-order valence-electron chi connectivity index (χ3n) is 2.66. The van der Waals surface area contributed by atoms with Gasteiger partial charge >= 0.3 is 0 Å². The number of pyridine rings is 1. The second kappa shape index (κ2) is 3.34. The molecule has 1 aliphatic rings. The van der Waals surface area contributed by atoms with Crippen LogP contribution >= 0.6 is 0 Å². The second-order valence-corrected chi connectivity index (χ2v) is 3.70. The Balaban J connectivity index is 2.41. The monoisotopic (exact) mass is 178 g/mol. The highest BCUT2D eigenvalue weighted by molar-refractivity contribution is 5.37. The number of hydrogen-bond acceptors (Lipinski definition) is 3. The van der Waals surface area contributed by atoms with Gasteiger partial charge in [-0.1, -0.05) is 6.92 Å². The summed E-state index contributed by atoms with van der Waals surface area (Å²) in [7, 11) is 0. The highest BCUT2D eigenvalue weighted by Crippen LogP contribution is 2.29. The molecule has 1 aliphatic carbocycles. The Bertz CT molecular complexity index is 298. The molecule has 0 aromatic carbocycles. The fourth-order valence-corrected chi connectivity index (χ4v) is 1.89. The highest BCUT2D eigenvalue weighted by atomic mass is 16.6. The van der Waals surface area contributed by atoms with Gasteiger partial charge in [-0.05, 0) is 25.2 Å². The lowest BCUT2D eigenvalue weighted by Gasteiger charge is -2.21. The number of nitrogens with zero attached hydrogens (tertiary/aromatic N) is 1. The Kier molecular flexibility index (Phi) is 2.19. The van der Waals surface area contributed by atoms with E-state index in [1.807, 2.05) is 6.07 Å². The Morgan fingerprint density at radius 1 is 1.62 bits per heavy atom. The van der Waals surface area contributed by atoms with Crippen LogP contribution in [0.25, 0.3) is 0 Å². The molecule has 0 saturated carbocycles. The van der Waals surface area contributed by atoms with E-state index in [-0.39, 0.29) is 0 Å². The summed E-state index contributed by atoms with van der Waals surface area (Å²) in [4.78, 5) is 9.15. The van der Waals surface area contributed by atoms with Crippen molar-refractivity contribution < 1.29 is 4.84 Å². The van der Waals surface area contributed by atoms with Crippen LogP contribution in [0.15, 0.2) is 12.3 Å². The minimum Gasteiger partial charge on any atom is -0.411 e. The molecule has 3 heteroatoms. The van der Waals surface area contributed by atoms with Gasteiger partial charge in [0, 0.05) is 23.5 Å². The van der Waals surface area contributed by atoms with Crippen molar-refractivity contribution in [3.8, 4) is 5.75 Å². The smallest absolute Gasteiger partial charge is 0.153 e. The topological polar surface area (TPSA) is 48.1 Å². The first-order valence-electron chi connectivity index (χ1n) is 4.64. The first-order chi connectivity index (χ1) is 6.31. The summed E-state index contributed by atoms with van der Waals surface area (Å²) in [5.41, 5.74) is 2.35. The maximum Gasteiger partial charge on any atom is 0.153 e. The number of rotatable bonds is 1. The molecule has 0 saturated heterocycles. The molecular formula is C10H14N2O. The van der Waals surface area contributed by atoms with Crippen LogP contribution in [-0.4, -0.2) is 4.98 Å². The van der Waals surface area contributed by atoms with E-state index in [4.69, 9.17) is 10.7 Å². The van der Waals surface area contributed by atoms with E-state index in [9.17, 15) is 0 Å². The molecule has 2 rings (SSSR count). The maximum atomic E-state index is 5.19. The maximum absolute atomic E-state index is 5.19. The van der Waals surface area contributed by atoms with Crippen LogP contribution in [0.3, 0.4) is 0 Å². The molecular weight excluding hydrogens is 164 g/mol. The van der Waals surface area contributed by atoms with E-state index in [1.165, 1.54) is 12.0 Å². The summed E-state index contributed by atoms with van der Waals surface area (Å²) in [6.07, 6.45) is 5.06. The summed E-state index contributed by atoms with van der Waals surface area (Å²) < 4.78 is 0. The largest absolute Gasteiger partial charge is 0.411 e. The molecule has 2 N–H and O–H groups in total. The second-order valence-electron chi connectivity index (χ2n) is 3.70. The van der Waals surface area contributed by atoms with Gasteiger partial charge in [0.1, 0.15) is 0 Å². The molecule has 0 fully saturated rings. The Morgan fingerprint density at radius 3 is 3.23 bits per heavy atom. The van der Waals surface area contributed by atoms with Crippen LogP contribution in [0, 0.1) is 5.92 Å². The molecule has 1 aromatic rings. The minimum atomic E-state index is 0.714. The van der Waals surface area contributed by atoms with Crippen molar-refractivity contribution in [2.75, 3.05) is 0 Å². The van der Waals surface area contributed by atoms with E-state index in [0.717, 1.165) is 24.3 Å². The average molecular weight is 178 g/mol. The SMILES string of the molecule is CC1CCc2nccc(ON)c2C1. The Labute approximate surface area is 77.9 Å². The van der Waals surface area contributed by atoms with E-state index >= 15 is 0 Å². The predicted octanol–water partition coefficient (Wildman–Crippen LogP) is 1.46.